The van der Waals surface area contributed by atoms with Gasteiger partial charge in [0.05, 0.1) is 19.8 Å². The first kappa shape index (κ1) is 53.9. The van der Waals surface area contributed by atoms with Crippen molar-refractivity contribution in [3.05, 3.63) is 12.2 Å². The van der Waals surface area contributed by atoms with Crippen LogP contribution in [0, 0.1) is 0 Å². The second-order valence-corrected chi connectivity index (χ2v) is 17.0. The molecular weight excluding hydrogens is 753 g/mol. The number of carbonyl (C=O) groups is 1. The highest BCUT2D eigenvalue weighted by Gasteiger charge is 2.48. The maximum Gasteiger partial charge on any atom is 0.397 e. The van der Waals surface area contributed by atoms with Gasteiger partial charge in [-0.3, -0.25) is 9.35 Å². The summed E-state index contributed by atoms with van der Waals surface area (Å²) in [6, 6.07) is 0. The van der Waals surface area contributed by atoms with E-state index in [1.165, 1.54) is 128 Å². The van der Waals surface area contributed by atoms with E-state index in [9.17, 15) is 28.5 Å². The summed E-state index contributed by atoms with van der Waals surface area (Å²) in [7, 11) is -5.06. The predicted molar refractivity (Wildman–Crippen MR) is 225 cm³/mol. The molecule has 12 nitrogen and oxygen atoms in total. The third-order valence-electron chi connectivity index (χ3n) is 10.6. The third kappa shape index (κ3) is 30.5. The topological polar surface area (TPSA) is 178 Å². The molecule has 0 aliphatic carbocycles. The largest absolute Gasteiger partial charge is 0.457 e. The molecule has 1 rings (SSSR count). The summed E-state index contributed by atoms with van der Waals surface area (Å²) in [5, 5.41) is 30.6. The van der Waals surface area contributed by atoms with Crippen molar-refractivity contribution in [2.45, 2.75) is 237 Å². The Kier molecular flexibility index (Phi) is 34.6. The minimum Gasteiger partial charge on any atom is -0.457 e. The molecule has 0 bridgehead atoms. The number of hydrogen-bond acceptors (Lipinski definition) is 11. The second-order valence-electron chi connectivity index (χ2n) is 16.0. The summed E-state index contributed by atoms with van der Waals surface area (Å²) in [4.78, 5) is 12.8. The van der Waals surface area contributed by atoms with Crippen LogP contribution < -0.4 is 0 Å². The number of ether oxygens (including phenoxy) is 4. The van der Waals surface area contributed by atoms with Crippen molar-refractivity contribution >= 4 is 16.4 Å². The lowest BCUT2D eigenvalue weighted by molar-refractivity contribution is -0.301. The van der Waals surface area contributed by atoms with Gasteiger partial charge in [-0.05, 0) is 38.5 Å². The lowest BCUT2D eigenvalue weighted by atomic mass is 9.99. The zero-order valence-corrected chi connectivity index (χ0v) is 36.7. The Morgan fingerprint density at radius 3 is 1.60 bits per heavy atom. The molecule has 0 aromatic rings. The highest BCUT2D eigenvalue weighted by atomic mass is 32.3. The normalized spacial score (nSPS) is 20.7. The standard InChI is InChI=1S/C44H84O12S/c1-3-5-7-9-11-13-15-17-19-20-21-23-25-27-29-31-33-40(46)54-38(36-52-34-32-30-28-26-24-22-18-16-14-12-10-8-6-4-2)37-53-44-42(48)43(56-57(49,50)51)41(47)39(35-45)55-44/h14,16,38-39,41-45,47-48H,3-13,15,17-37H2,1-2H3,(H,49,50,51)/b16-14-. The van der Waals surface area contributed by atoms with Gasteiger partial charge in [-0.1, -0.05) is 167 Å². The van der Waals surface area contributed by atoms with E-state index in [0.29, 0.717) is 13.0 Å². The second kappa shape index (κ2) is 36.7. The minimum atomic E-state index is -5.06. The first-order valence-corrected chi connectivity index (χ1v) is 24.3. The van der Waals surface area contributed by atoms with Crippen LogP contribution in [0.4, 0.5) is 0 Å². The van der Waals surface area contributed by atoms with Crippen LogP contribution in [0.1, 0.15) is 200 Å². The van der Waals surface area contributed by atoms with Crippen LogP contribution in [0.2, 0.25) is 0 Å². The Balaban J connectivity index is 2.42. The minimum absolute atomic E-state index is 0.0370. The van der Waals surface area contributed by atoms with Crippen LogP contribution in [0.3, 0.4) is 0 Å². The maximum atomic E-state index is 12.8. The molecule has 0 spiro atoms. The SMILES string of the molecule is CCCCCC/C=C\CCCCCCCCOCC(COC1OC(CO)C(O)C(OS(=O)(=O)O)C1O)OC(=O)CCCCCCCCCCCCCCCCCC. The Morgan fingerprint density at radius 2 is 1.11 bits per heavy atom. The van der Waals surface area contributed by atoms with Crippen LogP contribution in [0.5, 0.6) is 0 Å². The van der Waals surface area contributed by atoms with E-state index in [2.05, 4.69) is 30.2 Å². The number of allylic oxidation sites excluding steroid dienone is 2. The summed E-state index contributed by atoms with van der Waals surface area (Å²) in [6.07, 6.45) is 29.5. The number of carbonyl (C=O) groups excluding carboxylic acids is 1. The molecule has 4 N–H and O–H groups in total. The Labute approximate surface area is 347 Å². The van der Waals surface area contributed by atoms with Crippen molar-refractivity contribution < 1.29 is 56.2 Å². The van der Waals surface area contributed by atoms with Gasteiger partial charge in [0.25, 0.3) is 0 Å². The quantitative estimate of drug-likeness (QED) is 0.0199. The predicted octanol–water partition coefficient (Wildman–Crippen LogP) is 9.47. The molecule has 1 saturated heterocycles. The number of unbranched alkanes of at least 4 members (excludes halogenated alkanes) is 25. The molecule has 1 fully saturated rings. The lowest BCUT2D eigenvalue weighted by Gasteiger charge is -2.41. The van der Waals surface area contributed by atoms with Crippen molar-refractivity contribution in [2.24, 2.45) is 0 Å². The number of esters is 1. The molecule has 338 valence electrons. The van der Waals surface area contributed by atoms with E-state index in [0.717, 1.165) is 44.9 Å². The summed E-state index contributed by atoms with van der Waals surface area (Å²) in [5.74, 6) is -0.398. The van der Waals surface area contributed by atoms with Gasteiger partial charge in [-0.2, -0.15) is 8.42 Å². The van der Waals surface area contributed by atoms with Crippen molar-refractivity contribution in [1.82, 2.24) is 0 Å². The van der Waals surface area contributed by atoms with Gasteiger partial charge < -0.3 is 34.3 Å². The Bertz CT molecular complexity index is 1060. The fraction of sp³-hybridized carbons (Fsp3) is 0.932. The molecule has 6 atom stereocenters. The monoisotopic (exact) mass is 837 g/mol. The molecule has 1 aliphatic rings. The van der Waals surface area contributed by atoms with E-state index < -0.39 is 59.8 Å². The number of aliphatic hydroxyl groups excluding tert-OH is 3. The molecular formula is C44H84O12S. The summed E-state index contributed by atoms with van der Waals surface area (Å²) in [6.45, 7) is 3.99. The number of rotatable bonds is 40. The molecule has 1 aliphatic heterocycles. The van der Waals surface area contributed by atoms with Crippen LogP contribution in [-0.2, 0) is 38.3 Å². The Morgan fingerprint density at radius 1 is 0.649 bits per heavy atom. The number of hydrogen-bond donors (Lipinski definition) is 4. The van der Waals surface area contributed by atoms with Gasteiger partial charge in [-0.15, -0.1) is 0 Å². The number of aliphatic hydroxyl groups is 3. The average molecular weight is 837 g/mol. The molecule has 0 amide bonds. The van der Waals surface area contributed by atoms with Gasteiger partial charge in [0, 0.05) is 13.0 Å². The zero-order chi connectivity index (χ0) is 41.8. The molecule has 0 radical (unpaired) electrons. The smallest absolute Gasteiger partial charge is 0.397 e. The molecule has 0 aromatic carbocycles. The van der Waals surface area contributed by atoms with Gasteiger partial charge in [-0.25, -0.2) is 4.18 Å². The molecule has 57 heavy (non-hydrogen) atoms. The fourth-order valence-corrected chi connectivity index (χ4v) is 7.65. The van der Waals surface area contributed by atoms with E-state index >= 15 is 0 Å². The van der Waals surface area contributed by atoms with E-state index in [1.54, 1.807) is 0 Å². The molecule has 1 heterocycles. The van der Waals surface area contributed by atoms with Gasteiger partial charge in [0.2, 0.25) is 0 Å². The van der Waals surface area contributed by atoms with Crippen LogP contribution in [-0.4, -0.2) is 97.5 Å². The molecule has 6 unspecified atom stereocenters. The lowest BCUT2D eigenvalue weighted by Crippen LogP contribution is -2.60. The van der Waals surface area contributed by atoms with Crippen LogP contribution in [0.15, 0.2) is 12.2 Å². The van der Waals surface area contributed by atoms with Gasteiger partial charge >= 0.3 is 16.4 Å². The van der Waals surface area contributed by atoms with Crippen LogP contribution >= 0.6 is 0 Å². The molecule has 13 heteroatoms. The van der Waals surface area contributed by atoms with Crippen molar-refractivity contribution in [1.29, 1.82) is 0 Å². The average Bonchev–Trinajstić information content (AvgIpc) is 3.18. The highest BCUT2D eigenvalue weighted by molar-refractivity contribution is 7.80. The first-order valence-electron chi connectivity index (χ1n) is 22.9. The van der Waals surface area contributed by atoms with E-state index in [1.807, 2.05) is 0 Å². The van der Waals surface area contributed by atoms with Gasteiger partial charge in [0.15, 0.2) is 6.29 Å². The summed E-state index contributed by atoms with van der Waals surface area (Å²) < 4.78 is 59.0. The first-order chi connectivity index (χ1) is 27.6. The van der Waals surface area contributed by atoms with E-state index in [4.69, 9.17) is 23.5 Å². The van der Waals surface area contributed by atoms with Crippen molar-refractivity contribution in [2.75, 3.05) is 26.4 Å². The highest BCUT2D eigenvalue weighted by Crippen LogP contribution is 2.26. The van der Waals surface area contributed by atoms with Crippen LogP contribution in [0.25, 0.3) is 0 Å². The molecule has 0 saturated carbocycles. The van der Waals surface area contributed by atoms with Crippen molar-refractivity contribution in [3.63, 3.8) is 0 Å². The maximum absolute atomic E-state index is 12.8. The zero-order valence-electron chi connectivity index (χ0n) is 35.9. The summed E-state index contributed by atoms with van der Waals surface area (Å²) in [5.41, 5.74) is 0. The van der Waals surface area contributed by atoms with E-state index in [-0.39, 0.29) is 19.6 Å². The Hall–Kier alpha value is -1.16. The molecule has 0 aromatic heterocycles. The third-order valence-corrected chi connectivity index (χ3v) is 11.1. The summed E-state index contributed by atoms with van der Waals surface area (Å²) >= 11 is 0. The van der Waals surface area contributed by atoms with Gasteiger partial charge in [0.1, 0.15) is 30.5 Å². The van der Waals surface area contributed by atoms with Crippen molar-refractivity contribution in [3.8, 4) is 0 Å². The fourth-order valence-electron chi connectivity index (χ4n) is 7.14.